The molecule has 112 valence electrons. The van der Waals surface area contributed by atoms with Gasteiger partial charge in [-0.15, -0.1) is 0 Å². The summed E-state index contributed by atoms with van der Waals surface area (Å²) in [4.78, 5) is 14.7. The number of nitrogens with one attached hydrogen (secondary N) is 1. The largest absolute Gasteiger partial charge is 0.368 e. The van der Waals surface area contributed by atoms with Crippen LogP contribution < -0.4 is 0 Å². The number of aldehydes is 1. The molecule has 1 aliphatic heterocycles. The van der Waals surface area contributed by atoms with Gasteiger partial charge in [-0.3, -0.25) is 0 Å². The molecule has 1 unspecified atom stereocenters. The lowest BCUT2D eigenvalue weighted by molar-refractivity contribution is -0.119. The molecule has 1 N–H and O–H groups in total. The zero-order valence-corrected chi connectivity index (χ0v) is 14.0. The molecule has 1 aromatic heterocycles. The number of H-pyrrole nitrogens is 1. The number of ether oxygens (including phenoxy) is 1. The van der Waals surface area contributed by atoms with Crippen LogP contribution in [0.1, 0.15) is 43.5 Å². The normalized spacial score (nSPS) is 21.5. The monoisotopic (exact) mass is 349 g/mol. The predicted octanol–water partition coefficient (Wildman–Crippen LogP) is 4.26. The smallest absolute Gasteiger partial charge is 0.123 e. The van der Waals surface area contributed by atoms with Crippen LogP contribution in [0, 0.1) is 0 Å². The Morgan fingerprint density at radius 1 is 1.43 bits per heavy atom. The van der Waals surface area contributed by atoms with Crippen LogP contribution in [0.4, 0.5) is 0 Å². The average molecular weight is 350 g/mol. The molecule has 0 saturated carbocycles. The minimum atomic E-state index is -0.480. The SMILES string of the molecule is CCc1c(Br)ccc2c3c([nH]c12)C(CC)(CC=O)OCC3. The molecule has 4 heteroatoms. The maximum absolute atomic E-state index is 11.1. The van der Waals surface area contributed by atoms with E-state index in [0.29, 0.717) is 13.0 Å². The van der Waals surface area contributed by atoms with Gasteiger partial charge in [0.05, 0.1) is 17.8 Å². The first-order chi connectivity index (χ1) is 10.2. The lowest BCUT2D eigenvalue weighted by atomic mass is 9.86. The Kier molecular flexibility index (Phi) is 3.93. The predicted molar refractivity (Wildman–Crippen MR) is 87.7 cm³/mol. The molecular formula is C17H20BrNO2. The fourth-order valence-electron chi connectivity index (χ4n) is 3.49. The minimum Gasteiger partial charge on any atom is -0.368 e. The van der Waals surface area contributed by atoms with E-state index in [2.05, 4.69) is 46.9 Å². The first kappa shape index (κ1) is 14.8. The molecule has 0 spiro atoms. The number of carbonyl (C=O) groups is 1. The van der Waals surface area contributed by atoms with Crippen LogP contribution in [0.25, 0.3) is 10.9 Å². The van der Waals surface area contributed by atoms with Crippen molar-refractivity contribution in [3.8, 4) is 0 Å². The highest BCUT2D eigenvalue weighted by molar-refractivity contribution is 9.10. The van der Waals surface area contributed by atoms with Gasteiger partial charge in [-0.05, 0) is 36.5 Å². The number of aromatic nitrogens is 1. The van der Waals surface area contributed by atoms with E-state index in [4.69, 9.17) is 4.74 Å². The highest BCUT2D eigenvalue weighted by Crippen LogP contribution is 2.42. The van der Waals surface area contributed by atoms with Crippen molar-refractivity contribution in [2.24, 2.45) is 0 Å². The molecule has 0 bridgehead atoms. The van der Waals surface area contributed by atoms with Crippen LogP contribution in [0.15, 0.2) is 16.6 Å². The third-order valence-corrected chi connectivity index (χ3v) is 5.40. The second-order valence-electron chi connectivity index (χ2n) is 5.60. The molecule has 0 fully saturated rings. The Hall–Kier alpha value is -1.13. The third-order valence-electron chi connectivity index (χ3n) is 4.66. The fraction of sp³-hybridized carbons (Fsp3) is 0.471. The summed E-state index contributed by atoms with van der Waals surface area (Å²) in [6.45, 7) is 4.92. The Morgan fingerprint density at radius 2 is 2.24 bits per heavy atom. The number of hydrogen-bond acceptors (Lipinski definition) is 2. The van der Waals surface area contributed by atoms with E-state index in [9.17, 15) is 4.79 Å². The number of benzene rings is 1. The Morgan fingerprint density at radius 3 is 2.90 bits per heavy atom. The summed E-state index contributed by atoms with van der Waals surface area (Å²) in [5.74, 6) is 0. The summed E-state index contributed by atoms with van der Waals surface area (Å²) in [5.41, 5.74) is 4.42. The Bertz CT molecular complexity index is 692. The van der Waals surface area contributed by atoms with Crippen LogP contribution in [0.3, 0.4) is 0 Å². The zero-order valence-electron chi connectivity index (χ0n) is 12.5. The van der Waals surface area contributed by atoms with Crippen molar-refractivity contribution >= 4 is 33.1 Å². The van der Waals surface area contributed by atoms with Crippen molar-refractivity contribution in [3.05, 3.63) is 33.4 Å². The number of aryl methyl sites for hydroxylation is 1. The standard InChI is InChI=1S/C17H20BrNO2/c1-3-11-14(18)6-5-12-13-7-10-21-17(4-2,8-9-20)16(13)19-15(11)12/h5-6,9,19H,3-4,7-8,10H2,1-2H3. The number of aromatic amines is 1. The second-order valence-corrected chi connectivity index (χ2v) is 6.45. The lowest BCUT2D eigenvalue weighted by Gasteiger charge is -2.35. The van der Waals surface area contributed by atoms with E-state index >= 15 is 0 Å². The summed E-state index contributed by atoms with van der Waals surface area (Å²) in [5, 5.41) is 1.28. The highest BCUT2D eigenvalue weighted by atomic mass is 79.9. The second kappa shape index (κ2) is 5.58. The molecule has 1 aromatic carbocycles. The first-order valence-electron chi connectivity index (χ1n) is 7.56. The number of rotatable bonds is 4. The van der Waals surface area contributed by atoms with Gasteiger partial charge in [0.25, 0.3) is 0 Å². The first-order valence-corrected chi connectivity index (χ1v) is 8.36. The topological polar surface area (TPSA) is 42.1 Å². The molecule has 3 rings (SSSR count). The maximum Gasteiger partial charge on any atom is 0.123 e. The quantitative estimate of drug-likeness (QED) is 0.838. The molecule has 3 nitrogen and oxygen atoms in total. The van der Waals surface area contributed by atoms with Crippen molar-refractivity contribution in [2.75, 3.05) is 6.61 Å². The summed E-state index contributed by atoms with van der Waals surface area (Å²) < 4.78 is 7.17. The minimum absolute atomic E-state index is 0.409. The summed E-state index contributed by atoms with van der Waals surface area (Å²) >= 11 is 3.64. The fourth-order valence-corrected chi connectivity index (χ4v) is 4.10. The number of fused-ring (bicyclic) bond motifs is 3. The molecule has 1 aliphatic rings. The lowest BCUT2D eigenvalue weighted by Crippen LogP contribution is -2.35. The van der Waals surface area contributed by atoms with Crippen molar-refractivity contribution in [3.63, 3.8) is 0 Å². The van der Waals surface area contributed by atoms with E-state index in [1.54, 1.807) is 0 Å². The zero-order chi connectivity index (χ0) is 15.0. The molecule has 0 aliphatic carbocycles. The molecule has 0 saturated heterocycles. The van der Waals surface area contributed by atoms with Crippen LogP contribution >= 0.6 is 15.9 Å². The van der Waals surface area contributed by atoms with E-state index in [-0.39, 0.29) is 0 Å². The van der Waals surface area contributed by atoms with Gasteiger partial charge in [0.1, 0.15) is 11.9 Å². The molecule has 0 amide bonds. The molecule has 2 heterocycles. The van der Waals surface area contributed by atoms with E-state index in [1.165, 1.54) is 22.0 Å². The van der Waals surface area contributed by atoms with Gasteiger partial charge < -0.3 is 14.5 Å². The van der Waals surface area contributed by atoms with Crippen molar-refractivity contribution in [1.29, 1.82) is 0 Å². The van der Waals surface area contributed by atoms with Crippen molar-refractivity contribution in [2.45, 2.75) is 45.1 Å². The molecule has 0 radical (unpaired) electrons. The maximum atomic E-state index is 11.1. The van der Waals surface area contributed by atoms with Gasteiger partial charge in [-0.25, -0.2) is 0 Å². The van der Waals surface area contributed by atoms with Gasteiger partial charge in [0.2, 0.25) is 0 Å². The number of hydrogen-bond donors (Lipinski definition) is 1. The Labute approximate surface area is 133 Å². The highest BCUT2D eigenvalue weighted by Gasteiger charge is 2.38. The number of carbonyl (C=O) groups excluding carboxylic acids is 1. The van der Waals surface area contributed by atoms with Crippen LogP contribution in [-0.2, 0) is 28.0 Å². The van der Waals surface area contributed by atoms with Gasteiger partial charge in [0.15, 0.2) is 0 Å². The van der Waals surface area contributed by atoms with Gasteiger partial charge in [-0.2, -0.15) is 0 Å². The molecule has 2 aromatic rings. The summed E-state index contributed by atoms with van der Waals surface area (Å²) in [6, 6.07) is 4.29. The van der Waals surface area contributed by atoms with Gasteiger partial charge in [0, 0.05) is 16.3 Å². The molecule has 21 heavy (non-hydrogen) atoms. The van der Waals surface area contributed by atoms with E-state index < -0.39 is 5.60 Å². The number of halogens is 1. The Balaban J connectivity index is 2.29. The van der Waals surface area contributed by atoms with E-state index in [1.807, 2.05) is 0 Å². The van der Waals surface area contributed by atoms with Crippen LogP contribution in [0.2, 0.25) is 0 Å². The van der Waals surface area contributed by atoms with Gasteiger partial charge in [-0.1, -0.05) is 35.8 Å². The summed E-state index contributed by atoms with van der Waals surface area (Å²) in [6.07, 6.45) is 4.05. The van der Waals surface area contributed by atoms with Crippen molar-refractivity contribution in [1.82, 2.24) is 4.98 Å². The van der Waals surface area contributed by atoms with Crippen LogP contribution in [-0.4, -0.2) is 17.9 Å². The van der Waals surface area contributed by atoms with E-state index in [0.717, 1.165) is 35.7 Å². The van der Waals surface area contributed by atoms with Crippen LogP contribution in [0.5, 0.6) is 0 Å². The van der Waals surface area contributed by atoms with Gasteiger partial charge >= 0.3 is 0 Å². The van der Waals surface area contributed by atoms with Crippen molar-refractivity contribution < 1.29 is 9.53 Å². The molecule has 1 atom stereocenters. The summed E-state index contributed by atoms with van der Waals surface area (Å²) in [7, 11) is 0. The molecular weight excluding hydrogens is 330 g/mol. The average Bonchev–Trinajstić information content (AvgIpc) is 2.87. The third kappa shape index (κ3) is 2.16.